The molecule has 0 spiro atoms. The molecule has 0 aliphatic carbocycles. The van der Waals surface area contributed by atoms with Crippen LogP contribution in [0, 0.1) is 10.5 Å². The van der Waals surface area contributed by atoms with Crippen LogP contribution < -0.4 is 10.1 Å². The maximum absolute atomic E-state index is 6.25. The number of aryl methyl sites for hydroxylation is 1. The van der Waals surface area contributed by atoms with Gasteiger partial charge in [-0.3, -0.25) is 0 Å². The van der Waals surface area contributed by atoms with Crippen LogP contribution in [0.15, 0.2) is 48.5 Å². The molecule has 0 aliphatic heterocycles. The summed E-state index contributed by atoms with van der Waals surface area (Å²) in [4.78, 5) is 0. The maximum atomic E-state index is 6.25. The van der Waals surface area contributed by atoms with E-state index in [0.717, 1.165) is 18.7 Å². The number of hydrogen-bond donors (Lipinski definition) is 1. The zero-order chi connectivity index (χ0) is 14.4. The third-order valence-electron chi connectivity index (χ3n) is 3.23. The van der Waals surface area contributed by atoms with Crippen LogP contribution in [0.1, 0.15) is 23.7 Å². The summed E-state index contributed by atoms with van der Waals surface area (Å²) in [5.41, 5.74) is 2.41. The summed E-state index contributed by atoms with van der Waals surface area (Å²) >= 11 is 2.32. The largest absolute Gasteiger partial charge is 0.485 e. The first-order valence-electron chi connectivity index (χ1n) is 6.83. The topological polar surface area (TPSA) is 21.3 Å². The molecular formula is C17H21ClINO. The summed E-state index contributed by atoms with van der Waals surface area (Å²) < 4.78 is 7.48. The monoisotopic (exact) mass is 417 g/mol. The van der Waals surface area contributed by atoms with E-state index >= 15 is 0 Å². The molecule has 0 heterocycles. The number of benzene rings is 2. The van der Waals surface area contributed by atoms with Gasteiger partial charge >= 0.3 is 0 Å². The second kappa shape index (κ2) is 9.28. The van der Waals surface area contributed by atoms with Gasteiger partial charge in [-0.2, -0.15) is 0 Å². The van der Waals surface area contributed by atoms with E-state index in [0.29, 0.717) is 0 Å². The van der Waals surface area contributed by atoms with Crippen molar-refractivity contribution >= 4 is 35.0 Å². The summed E-state index contributed by atoms with van der Waals surface area (Å²) in [6.07, 6.45) is 1.04. The normalized spacial score (nSPS) is 11.6. The van der Waals surface area contributed by atoms with E-state index in [1.807, 2.05) is 13.1 Å². The Hall–Kier alpha value is -0.780. The fraction of sp³-hybridized carbons (Fsp3) is 0.294. The smallest absolute Gasteiger partial charge is 0.125 e. The Morgan fingerprint density at radius 3 is 2.48 bits per heavy atom. The van der Waals surface area contributed by atoms with Gasteiger partial charge in [0.25, 0.3) is 0 Å². The van der Waals surface area contributed by atoms with Crippen LogP contribution in [-0.4, -0.2) is 13.6 Å². The summed E-state index contributed by atoms with van der Waals surface area (Å²) in [7, 11) is 1.97. The quantitative estimate of drug-likeness (QED) is 0.685. The molecule has 0 saturated heterocycles. The zero-order valence-electron chi connectivity index (χ0n) is 12.3. The van der Waals surface area contributed by atoms with Gasteiger partial charge in [0, 0.05) is 9.99 Å². The molecule has 0 unspecified atom stereocenters. The molecule has 0 amide bonds. The fourth-order valence-corrected chi connectivity index (χ4v) is 2.78. The van der Waals surface area contributed by atoms with Gasteiger partial charge in [-0.05, 0) is 72.4 Å². The average Bonchev–Trinajstić information content (AvgIpc) is 2.46. The lowest BCUT2D eigenvalue weighted by Crippen LogP contribution is -2.16. The molecule has 4 heteroatoms. The average molecular weight is 418 g/mol. The van der Waals surface area contributed by atoms with E-state index < -0.39 is 0 Å². The van der Waals surface area contributed by atoms with Crippen molar-refractivity contribution in [2.24, 2.45) is 0 Å². The first kappa shape index (κ1) is 18.3. The van der Waals surface area contributed by atoms with Gasteiger partial charge in [0.05, 0.1) is 0 Å². The van der Waals surface area contributed by atoms with Crippen LogP contribution in [0.3, 0.4) is 0 Å². The molecule has 1 N–H and O–H groups in total. The molecule has 2 aromatic rings. The standard InChI is InChI=1S/C17H20INO.ClH/c1-13-12-15(18)8-9-16(13)20-17(10-11-19-2)14-6-4-3-5-7-14;/h3-9,12,17,19H,10-11H2,1-2H3;1H/t17-;/m0./s1. The van der Waals surface area contributed by atoms with Gasteiger partial charge in [-0.15, -0.1) is 12.4 Å². The van der Waals surface area contributed by atoms with Crippen molar-refractivity contribution in [1.82, 2.24) is 5.32 Å². The molecule has 0 radical (unpaired) electrons. The third kappa shape index (κ3) is 5.49. The minimum Gasteiger partial charge on any atom is -0.485 e. The van der Waals surface area contributed by atoms with Crippen molar-refractivity contribution in [3.63, 3.8) is 0 Å². The lowest BCUT2D eigenvalue weighted by Gasteiger charge is -2.21. The molecule has 21 heavy (non-hydrogen) atoms. The van der Waals surface area contributed by atoms with Gasteiger partial charge in [-0.1, -0.05) is 30.3 Å². The highest BCUT2D eigenvalue weighted by atomic mass is 127. The van der Waals surface area contributed by atoms with Crippen molar-refractivity contribution in [1.29, 1.82) is 0 Å². The molecule has 1 atom stereocenters. The molecule has 114 valence electrons. The minimum atomic E-state index is 0. The Balaban J connectivity index is 0.00000220. The Labute approximate surface area is 146 Å². The van der Waals surface area contributed by atoms with Gasteiger partial charge < -0.3 is 10.1 Å². The van der Waals surface area contributed by atoms with Gasteiger partial charge in [0.2, 0.25) is 0 Å². The van der Waals surface area contributed by atoms with Crippen LogP contribution in [0.25, 0.3) is 0 Å². The number of hydrogen-bond acceptors (Lipinski definition) is 2. The van der Waals surface area contributed by atoms with Crippen LogP contribution in [-0.2, 0) is 0 Å². The van der Waals surface area contributed by atoms with Crippen molar-refractivity contribution in [3.8, 4) is 5.75 Å². The van der Waals surface area contributed by atoms with E-state index in [-0.39, 0.29) is 18.5 Å². The highest BCUT2D eigenvalue weighted by Gasteiger charge is 2.14. The predicted molar refractivity (Wildman–Crippen MR) is 99.5 cm³/mol. The summed E-state index contributed by atoms with van der Waals surface area (Å²) in [6.45, 7) is 3.03. The Morgan fingerprint density at radius 1 is 1.14 bits per heavy atom. The van der Waals surface area contributed by atoms with E-state index in [1.54, 1.807) is 0 Å². The molecule has 2 rings (SSSR count). The van der Waals surface area contributed by atoms with E-state index in [1.165, 1.54) is 14.7 Å². The lowest BCUT2D eigenvalue weighted by molar-refractivity contribution is 0.193. The van der Waals surface area contributed by atoms with Gasteiger partial charge in [0.1, 0.15) is 11.9 Å². The highest BCUT2D eigenvalue weighted by Crippen LogP contribution is 2.28. The zero-order valence-corrected chi connectivity index (χ0v) is 15.3. The van der Waals surface area contributed by atoms with E-state index in [9.17, 15) is 0 Å². The first-order chi connectivity index (χ1) is 9.70. The van der Waals surface area contributed by atoms with Crippen molar-refractivity contribution in [2.75, 3.05) is 13.6 Å². The number of halogens is 2. The molecule has 2 aromatic carbocycles. The summed E-state index contributed by atoms with van der Waals surface area (Å²) in [5, 5.41) is 3.20. The molecule has 0 saturated carbocycles. The molecule has 0 bridgehead atoms. The predicted octanol–water partition coefficient (Wildman–Crippen LogP) is 4.75. The highest BCUT2D eigenvalue weighted by molar-refractivity contribution is 14.1. The number of ether oxygens (including phenoxy) is 1. The Morgan fingerprint density at radius 2 is 1.86 bits per heavy atom. The van der Waals surface area contributed by atoms with Crippen LogP contribution in [0.4, 0.5) is 0 Å². The Bertz CT molecular complexity index is 548. The molecule has 0 aromatic heterocycles. The lowest BCUT2D eigenvalue weighted by atomic mass is 10.1. The summed E-state index contributed by atoms with van der Waals surface area (Å²) in [6, 6.07) is 16.7. The fourth-order valence-electron chi connectivity index (χ4n) is 2.14. The van der Waals surface area contributed by atoms with Crippen LogP contribution in [0.5, 0.6) is 5.75 Å². The van der Waals surface area contributed by atoms with Crippen molar-refractivity contribution < 1.29 is 4.74 Å². The second-order valence-corrected chi connectivity index (χ2v) is 6.06. The van der Waals surface area contributed by atoms with E-state index in [2.05, 4.69) is 77.3 Å². The van der Waals surface area contributed by atoms with Crippen LogP contribution in [0.2, 0.25) is 0 Å². The number of rotatable bonds is 6. The first-order valence-corrected chi connectivity index (χ1v) is 7.91. The summed E-state index contributed by atoms with van der Waals surface area (Å²) in [5.74, 6) is 0.968. The van der Waals surface area contributed by atoms with Crippen molar-refractivity contribution in [2.45, 2.75) is 19.4 Å². The Kier molecular flexibility index (Phi) is 8.07. The SMILES string of the molecule is CNCC[C@H](Oc1ccc(I)cc1C)c1ccccc1.Cl. The molecule has 0 aliphatic rings. The molecule has 0 fully saturated rings. The third-order valence-corrected chi connectivity index (χ3v) is 3.91. The maximum Gasteiger partial charge on any atom is 0.125 e. The van der Waals surface area contributed by atoms with Gasteiger partial charge in [0.15, 0.2) is 0 Å². The van der Waals surface area contributed by atoms with Crippen LogP contribution >= 0.6 is 35.0 Å². The number of nitrogens with one attached hydrogen (secondary N) is 1. The molecular weight excluding hydrogens is 397 g/mol. The van der Waals surface area contributed by atoms with Gasteiger partial charge in [-0.25, -0.2) is 0 Å². The van der Waals surface area contributed by atoms with E-state index in [4.69, 9.17) is 4.74 Å². The van der Waals surface area contributed by atoms with Crippen molar-refractivity contribution in [3.05, 3.63) is 63.2 Å². The molecule has 2 nitrogen and oxygen atoms in total. The minimum absolute atomic E-state index is 0. The second-order valence-electron chi connectivity index (χ2n) is 4.82.